The van der Waals surface area contributed by atoms with Crippen molar-refractivity contribution in [2.45, 2.75) is 12.5 Å². The van der Waals surface area contributed by atoms with Crippen molar-refractivity contribution in [3.63, 3.8) is 0 Å². The van der Waals surface area contributed by atoms with Crippen LogP contribution in [0.25, 0.3) is 0 Å². The van der Waals surface area contributed by atoms with Crippen LogP contribution in [0.15, 0.2) is 71.8 Å². The highest BCUT2D eigenvalue weighted by molar-refractivity contribution is 6.05. The summed E-state index contributed by atoms with van der Waals surface area (Å²) in [6.45, 7) is 0. The molecule has 1 atom stereocenters. The molecule has 0 fully saturated rings. The van der Waals surface area contributed by atoms with Crippen LogP contribution < -0.4 is 18.9 Å². The molecule has 3 aromatic carbocycles. The zero-order valence-electron chi connectivity index (χ0n) is 19.1. The maximum atomic E-state index is 13.4. The molecule has 0 unspecified atom stereocenters. The van der Waals surface area contributed by atoms with E-state index in [4.69, 9.17) is 24.0 Å². The normalized spacial score (nSPS) is 15.1. The fourth-order valence-corrected chi connectivity index (χ4v) is 3.92. The number of benzene rings is 3. The second kappa shape index (κ2) is 9.65. The third-order valence-electron chi connectivity index (χ3n) is 5.65. The minimum absolute atomic E-state index is 0.175. The second-order valence-corrected chi connectivity index (χ2v) is 7.47. The predicted molar refractivity (Wildman–Crippen MR) is 126 cm³/mol. The Morgan fingerprint density at radius 2 is 1.39 bits per heavy atom. The molecular formula is C26H26N2O5. The van der Waals surface area contributed by atoms with Crippen molar-refractivity contribution in [2.75, 3.05) is 28.4 Å². The number of amides is 1. The minimum Gasteiger partial charge on any atom is -0.493 e. The number of hydrogen-bond donors (Lipinski definition) is 0. The lowest BCUT2D eigenvalue weighted by atomic mass is 9.97. The van der Waals surface area contributed by atoms with Crippen LogP contribution in [0.4, 0.5) is 0 Å². The highest BCUT2D eigenvalue weighted by Crippen LogP contribution is 2.39. The van der Waals surface area contributed by atoms with Crippen LogP contribution in [0.5, 0.6) is 23.0 Å². The Balaban J connectivity index is 1.76. The van der Waals surface area contributed by atoms with Crippen molar-refractivity contribution in [1.82, 2.24) is 5.01 Å². The summed E-state index contributed by atoms with van der Waals surface area (Å²) in [6, 6.07) is 20.1. The number of methoxy groups -OCH3 is 4. The van der Waals surface area contributed by atoms with E-state index in [1.54, 1.807) is 45.6 Å². The van der Waals surface area contributed by atoms with Crippen molar-refractivity contribution in [3.8, 4) is 23.0 Å². The summed E-state index contributed by atoms with van der Waals surface area (Å²) >= 11 is 0. The molecule has 1 aliphatic rings. The lowest BCUT2D eigenvalue weighted by Crippen LogP contribution is -2.27. The summed E-state index contributed by atoms with van der Waals surface area (Å²) in [5, 5.41) is 6.30. The van der Waals surface area contributed by atoms with Gasteiger partial charge in [-0.05, 0) is 48.0 Å². The van der Waals surface area contributed by atoms with Gasteiger partial charge in [0.2, 0.25) is 0 Å². The van der Waals surface area contributed by atoms with E-state index in [0.717, 1.165) is 16.8 Å². The summed E-state index contributed by atoms with van der Waals surface area (Å²) in [4.78, 5) is 13.4. The van der Waals surface area contributed by atoms with Gasteiger partial charge in [0, 0.05) is 17.5 Å². The lowest BCUT2D eigenvalue weighted by molar-refractivity contribution is 0.0711. The maximum Gasteiger partial charge on any atom is 0.274 e. The molecule has 3 aromatic rings. The van der Waals surface area contributed by atoms with Crippen molar-refractivity contribution in [1.29, 1.82) is 0 Å². The topological polar surface area (TPSA) is 69.6 Å². The standard InChI is InChI=1S/C26H26N2O5/c1-30-22-12-10-18(14-24(22)32-3)20-16-21(19-11-13-23(31-2)25(15-19)33-4)28(27-20)26(29)17-8-6-5-7-9-17/h5-15,21H,16H2,1-4H3/t21-/m0/s1. The Labute approximate surface area is 193 Å². The first-order valence-electron chi connectivity index (χ1n) is 10.5. The molecule has 7 heteroatoms. The molecule has 0 N–H and O–H groups in total. The van der Waals surface area contributed by atoms with E-state index in [-0.39, 0.29) is 11.9 Å². The number of carbonyl (C=O) groups excluding carboxylic acids is 1. The summed E-state index contributed by atoms with van der Waals surface area (Å²) in [5.41, 5.74) is 3.11. The summed E-state index contributed by atoms with van der Waals surface area (Å²) < 4.78 is 21.7. The van der Waals surface area contributed by atoms with Gasteiger partial charge in [-0.1, -0.05) is 24.3 Å². The quantitative estimate of drug-likeness (QED) is 0.526. The first-order valence-corrected chi connectivity index (χ1v) is 10.5. The van der Waals surface area contributed by atoms with Gasteiger partial charge in [0.15, 0.2) is 23.0 Å². The molecule has 0 saturated heterocycles. The Kier molecular flexibility index (Phi) is 6.49. The number of nitrogens with zero attached hydrogens (tertiary/aromatic N) is 2. The van der Waals surface area contributed by atoms with Crippen LogP contribution in [0.2, 0.25) is 0 Å². The van der Waals surface area contributed by atoms with Gasteiger partial charge < -0.3 is 18.9 Å². The van der Waals surface area contributed by atoms with E-state index >= 15 is 0 Å². The van der Waals surface area contributed by atoms with E-state index in [2.05, 4.69) is 0 Å². The second-order valence-electron chi connectivity index (χ2n) is 7.47. The van der Waals surface area contributed by atoms with Gasteiger partial charge in [-0.2, -0.15) is 5.10 Å². The van der Waals surface area contributed by atoms with Gasteiger partial charge in [-0.25, -0.2) is 5.01 Å². The fraction of sp³-hybridized carbons (Fsp3) is 0.231. The molecule has 7 nitrogen and oxygen atoms in total. The third-order valence-corrected chi connectivity index (χ3v) is 5.65. The third kappa shape index (κ3) is 4.35. The van der Waals surface area contributed by atoms with Gasteiger partial charge in [0.1, 0.15) is 0 Å². The zero-order valence-corrected chi connectivity index (χ0v) is 19.1. The SMILES string of the molecule is COc1ccc(C2=NN(C(=O)c3ccccc3)[C@H](c3ccc(OC)c(OC)c3)C2)cc1OC. The molecule has 0 spiro atoms. The Hall–Kier alpha value is -4.00. The first-order chi connectivity index (χ1) is 16.1. The molecule has 4 rings (SSSR count). The molecule has 170 valence electrons. The molecule has 0 saturated carbocycles. The zero-order chi connectivity index (χ0) is 23.4. The molecule has 0 radical (unpaired) electrons. The molecule has 33 heavy (non-hydrogen) atoms. The highest BCUT2D eigenvalue weighted by Gasteiger charge is 2.34. The number of carbonyl (C=O) groups is 1. The monoisotopic (exact) mass is 446 g/mol. The minimum atomic E-state index is -0.305. The molecule has 0 bridgehead atoms. The largest absolute Gasteiger partial charge is 0.493 e. The number of ether oxygens (including phenoxy) is 4. The van der Waals surface area contributed by atoms with Crippen LogP contribution in [0.3, 0.4) is 0 Å². The Bertz CT molecular complexity index is 1180. The maximum absolute atomic E-state index is 13.4. The van der Waals surface area contributed by atoms with Crippen LogP contribution in [-0.4, -0.2) is 45.1 Å². The summed E-state index contributed by atoms with van der Waals surface area (Å²) in [7, 11) is 6.37. The fourth-order valence-electron chi connectivity index (χ4n) is 3.92. The highest BCUT2D eigenvalue weighted by atomic mass is 16.5. The smallest absolute Gasteiger partial charge is 0.274 e. The molecule has 0 aliphatic carbocycles. The first kappa shape index (κ1) is 22.2. The predicted octanol–water partition coefficient (Wildman–Crippen LogP) is 4.71. The van der Waals surface area contributed by atoms with Crippen LogP contribution in [0, 0.1) is 0 Å². The lowest BCUT2D eigenvalue weighted by Gasteiger charge is -2.23. The van der Waals surface area contributed by atoms with E-state index in [0.29, 0.717) is 35.0 Å². The van der Waals surface area contributed by atoms with E-state index in [9.17, 15) is 4.79 Å². The van der Waals surface area contributed by atoms with Crippen molar-refractivity contribution >= 4 is 11.6 Å². The van der Waals surface area contributed by atoms with E-state index in [1.165, 1.54) is 0 Å². The summed E-state index contributed by atoms with van der Waals surface area (Å²) in [6.07, 6.45) is 0.531. The van der Waals surface area contributed by atoms with Gasteiger partial charge in [-0.3, -0.25) is 4.79 Å². The van der Waals surface area contributed by atoms with Gasteiger partial charge >= 0.3 is 0 Å². The molecule has 1 amide bonds. The van der Waals surface area contributed by atoms with Crippen LogP contribution >= 0.6 is 0 Å². The number of hydrazone groups is 1. The van der Waals surface area contributed by atoms with Crippen molar-refractivity contribution in [2.24, 2.45) is 5.10 Å². The molecule has 1 heterocycles. The Morgan fingerprint density at radius 3 is 2.03 bits per heavy atom. The van der Waals surface area contributed by atoms with Crippen molar-refractivity contribution < 1.29 is 23.7 Å². The molecule has 0 aromatic heterocycles. The Morgan fingerprint density at radius 1 is 0.788 bits per heavy atom. The van der Waals surface area contributed by atoms with Crippen LogP contribution in [0.1, 0.15) is 33.9 Å². The van der Waals surface area contributed by atoms with Gasteiger partial charge in [0.25, 0.3) is 5.91 Å². The average Bonchev–Trinajstić information content (AvgIpc) is 3.33. The number of rotatable bonds is 7. The molecule has 1 aliphatic heterocycles. The van der Waals surface area contributed by atoms with E-state index in [1.807, 2.05) is 54.6 Å². The van der Waals surface area contributed by atoms with Gasteiger partial charge in [-0.15, -0.1) is 0 Å². The van der Waals surface area contributed by atoms with Crippen LogP contribution in [-0.2, 0) is 0 Å². The number of hydrogen-bond acceptors (Lipinski definition) is 6. The van der Waals surface area contributed by atoms with Gasteiger partial charge in [0.05, 0.1) is 40.2 Å². The average molecular weight is 447 g/mol. The van der Waals surface area contributed by atoms with E-state index < -0.39 is 0 Å². The molecular weight excluding hydrogens is 420 g/mol. The van der Waals surface area contributed by atoms with Crippen molar-refractivity contribution in [3.05, 3.63) is 83.4 Å². The summed E-state index contributed by atoms with van der Waals surface area (Å²) in [5.74, 6) is 2.29.